The number of hydrogen-bond acceptors (Lipinski definition) is 2. The molecule has 2 unspecified atom stereocenters. The summed E-state index contributed by atoms with van der Waals surface area (Å²) >= 11 is 6.11. The highest BCUT2D eigenvalue weighted by molar-refractivity contribution is 6.31. The molecule has 1 aromatic rings. The van der Waals surface area contributed by atoms with Crippen LogP contribution in [-0.4, -0.2) is 23.4 Å². The van der Waals surface area contributed by atoms with Crippen molar-refractivity contribution >= 4 is 11.6 Å². The Balaban J connectivity index is 2.15. The lowest BCUT2D eigenvalue weighted by atomic mass is 9.72. The van der Waals surface area contributed by atoms with Crippen molar-refractivity contribution in [3.05, 3.63) is 16.9 Å². The van der Waals surface area contributed by atoms with Crippen LogP contribution in [-0.2, 0) is 7.05 Å². The second-order valence-corrected chi connectivity index (χ2v) is 4.41. The van der Waals surface area contributed by atoms with Gasteiger partial charge in [-0.1, -0.05) is 11.6 Å². The average Bonchev–Trinajstić information content (AvgIpc) is 2.44. The highest BCUT2D eigenvalue weighted by Gasteiger charge is 2.34. The summed E-state index contributed by atoms with van der Waals surface area (Å²) in [5.41, 5.74) is 1.21. The van der Waals surface area contributed by atoms with Crippen molar-refractivity contribution in [1.82, 2.24) is 15.1 Å². The third kappa shape index (κ3) is 1.55. The van der Waals surface area contributed by atoms with E-state index in [4.69, 9.17) is 11.6 Å². The lowest BCUT2D eigenvalue weighted by Crippen LogP contribution is -2.33. The molecule has 78 valence electrons. The summed E-state index contributed by atoms with van der Waals surface area (Å²) in [5.74, 6) is 1.33. The lowest BCUT2D eigenvalue weighted by molar-refractivity contribution is 0.240. The maximum absolute atomic E-state index is 6.11. The van der Waals surface area contributed by atoms with Gasteiger partial charge in [-0.05, 0) is 32.4 Å². The van der Waals surface area contributed by atoms with Crippen LogP contribution in [0.5, 0.6) is 0 Å². The summed E-state index contributed by atoms with van der Waals surface area (Å²) in [5, 5.41) is 8.22. The van der Waals surface area contributed by atoms with Crippen molar-refractivity contribution in [2.75, 3.05) is 13.6 Å². The van der Waals surface area contributed by atoms with Crippen LogP contribution >= 0.6 is 11.6 Å². The third-order valence-corrected chi connectivity index (χ3v) is 3.46. The fraction of sp³-hybridized carbons (Fsp3) is 0.700. The molecule has 0 radical (unpaired) electrons. The van der Waals surface area contributed by atoms with Gasteiger partial charge in [0.15, 0.2) is 0 Å². The first-order valence-corrected chi connectivity index (χ1v) is 5.43. The number of rotatable bonds is 3. The number of halogens is 1. The fourth-order valence-corrected chi connectivity index (χ4v) is 2.58. The molecule has 1 aromatic heterocycles. The smallest absolute Gasteiger partial charge is 0.0820 e. The van der Waals surface area contributed by atoms with Gasteiger partial charge in [-0.2, -0.15) is 5.10 Å². The Morgan fingerprint density at radius 2 is 2.43 bits per heavy atom. The summed E-state index contributed by atoms with van der Waals surface area (Å²) in [6.07, 6.45) is 4.28. The Morgan fingerprint density at radius 1 is 1.64 bits per heavy atom. The standard InChI is InChI=1S/C10H16ClN3/c1-12-5-7-3-4-8(7)10-9(11)6-13-14(10)2/h6-8,12H,3-5H2,1-2H3. The maximum atomic E-state index is 6.11. The maximum Gasteiger partial charge on any atom is 0.0820 e. The first-order valence-electron chi connectivity index (χ1n) is 5.06. The van der Waals surface area contributed by atoms with Gasteiger partial charge in [-0.15, -0.1) is 0 Å². The van der Waals surface area contributed by atoms with E-state index < -0.39 is 0 Å². The second-order valence-electron chi connectivity index (χ2n) is 4.00. The van der Waals surface area contributed by atoms with Crippen molar-refractivity contribution in [3.63, 3.8) is 0 Å². The molecule has 0 amide bonds. The number of nitrogens with one attached hydrogen (secondary N) is 1. The second kappa shape index (κ2) is 3.91. The average molecular weight is 214 g/mol. The van der Waals surface area contributed by atoms with Crippen LogP contribution in [0, 0.1) is 5.92 Å². The molecule has 2 atom stereocenters. The van der Waals surface area contributed by atoms with Crippen LogP contribution in [0.4, 0.5) is 0 Å². The number of nitrogens with zero attached hydrogens (tertiary/aromatic N) is 2. The van der Waals surface area contributed by atoms with E-state index in [2.05, 4.69) is 10.4 Å². The molecule has 1 aliphatic carbocycles. The summed E-state index contributed by atoms with van der Waals surface area (Å²) in [4.78, 5) is 0. The quantitative estimate of drug-likeness (QED) is 0.830. The molecular formula is C10H16ClN3. The normalized spacial score (nSPS) is 26.2. The summed E-state index contributed by atoms with van der Waals surface area (Å²) < 4.78 is 1.91. The summed E-state index contributed by atoms with van der Waals surface area (Å²) in [6.45, 7) is 1.08. The van der Waals surface area contributed by atoms with Gasteiger partial charge in [0, 0.05) is 13.0 Å². The van der Waals surface area contributed by atoms with Gasteiger partial charge < -0.3 is 5.32 Å². The molecule has 0 aliphatic heterocycles. The van der Waals surface area contributed by atoms with Crippen molar-refractivity contribution in [2.45, 2.75) is 18.8 Å². The van der Waals surface area contributed by atoms with Gasteiger partial charge in [0.1, 0.15) is 0 Å². The van der Waals surface area contributed by atoms with Gasteiger partial charge >= 0.3 is 0 Å². The van der Waals surface area contributed by atoms with Crippen molar-refractivity contribution in [3.8, 4) is 0 Å². The molecule has 0 saturated heterocycles. The molecule has 0 bridgehead atoms. The van der Waals surface area contributed by atoms with Crippen LogP contribution in [0.3, 0.4) is 0 Å². The zero-order valence-electron chi connectivity index (χ0n) is 8.63. The monoisotopic (exact) mass is 213 g/mol. The summed E-state index contributed by atoms with van der Waals surface area (Å²) in [6, 6.07) is 0. The van der Waals surface area contributed by atoms with Crippen molar-refractivity contribution in [1.29, 1.82) is 0 Å². The Hall–Kier alpha value is -0.540. The molecule has 0 aromatic carbocycles. The van der Waals surface area contributed by atoms with E-state index in [9.17, 15) is 0 Å². The van der Waals surface area contributed by atoms with E-state index in [1.54, 1.807) is 6.20 Å². The summed E-state index contributed by atoms with van der Waals surface area (Å²) in [7, 11) is 3.97. The molecule has 0 spiro atoms. The van der Waals surface area contributed by atoms with Gasteiger partial charge in [0.2, 0.25) is 0 Å². The SMILES string of the molecule is CNCC1CCC1c1c(Cl)cnn1C. The lowest BCUT2D eigenvalue weighted by Gasteiger charge is -2.36. The Labute approximate surface area is 89.4 Å². The van der Waals surface area contributed by atoms with Crippen LogP contribution in [0.1, 0.15) is 24.5 Å². The van der Waals surface area contributed by atoms with Crippen LogP contribution in [0.2, 0.25) is 5.02 Å². The largest absolute Gasteiger partial charge is 0.319 e. The van der Waals surface area contributed by atoms with Gasteiger partial charge in [0.25, 0.3) is 0 Å². The molecule has 1 fully saturated rings. The highest BCUT2D eigenvalue weighted by Crippen LogP contribution is 2.44. The zero-order valence-corrected chi connectivity index (χ0v) is 9.38. The van der Waals surface area contributed by atoms with Gasteiger partial charge in [0.05, 0.1) is 16.9 Å². The molecular weight excluding hydrogens is 198 g/mol. The topological polar surface area (TPSA) is 29.9 Å². The van der Waals surface area contributed by atoms with Crippen molar-refractivity contribution < 1.29 is 0 Å². The number of hydrogen-bond donors (Lipinski definition) is 1. The van der Waals surface area contributed by atoms with E-state index in [0.29, 0.717) is 5.92 Å². The number of aryl methyl sites for hydroxylation is 1. The first-order chi connectivity index (χ1) is 6.74. The van der Waals surface area contributed by atoms with E-state index in [0.717, 1.165) is 17.5 Å². The van der Waals surface area contributed by atoms with Crippen LogP contribution < -0.4 is 5.32 Å². The number of aromatic nitrogens is 2. The molecule has 14 heavy (non-hydrogen) atoms. The Bertz CT molecular complexity index is 302. The Kier molecular flexibility index (Phi) is 2.79. The minimum atomic E-state index is 0.599. The zero-order chi connectivity index (χ0) is 10.1. The van der Waals surface area contributed by atoms with Crippen LogP contribution in [0.15, 0.2) is 6.20 Å². The first kappa shape index (κ1) is 9.99. The highest BCUT2D eigenvalue weighted by atomic mass is 35.5. The van der Waals surface area contributed by atoms with Crippen molar-refractivity contribution in [2.24, 2.45) is 13.0 Å². The van der Waals surface area contributed by atoms with Gasteiger partial charge in [-0.25, -0.2) is 0 Å². The molecule has 1 heterocycles. The third-order valence-electron chi connectivity index (χ3n) is 3.17. The molecule has 1 aliphatic rings. The minimum Gasteiger partial charge on any atom is -0.319 e. The molecule has 1 saturated carbocycles. The predicted molar refractivity (Wildman–Crippen MR) is 57.6 cm³/mol. The predicted octanol–water partition coefficient (Wildman–Crippen LogP) is 1.79. The van der Waals surface area contributed by atoms with Crippen LogP contribution in [0.25, 0.3) is 0 Å². The van der Waals surface area contributed by atoms with E-state index in [1.165, 1.54) is 18.5 Å². The molecule has 4 heteroatoms. The fourth-order valence-electron chi connectivity index (χ4n) is 2.27. The van der Waals surface area contributed by atoms with E-state index in [-0.39, 0.29) is 0 Å². The molecule has 1 N–H and O–H groups in total. The van der Waals surface area contributed by atoms with E-state index in [1.807, 2.05) is 18.8 Å². The minimum absolute atomic E-state index is 0.599. The molecule has 3 nitrogen and oxygen atoms in total. The molecule has 2 rings (SSSR count). The van der Waals surface area contributed by atoms with Gasteiger partial charge in [-0.3, -0.25) is 4.68 Å². The Morgan fingerprint density at radius 3 is 2.86 bits per heavy atom. The van der Waals surface area contributed by atoms with E-state index >= 15 is 0 Å².